The summed E-state index contributed by atoms with van der Waals surface area (Å²) in [7, 11) is 0. The van der Waals surface area contributed by atoms with Gasteiger partial charge in [-0.1, -0.05) is 72.8 Å². The zero-order valence-corrected chi connectivity index (χ0v) is 15.4. The van der Waals surface area contributed by atoms with E-state index in [4.69, 9.17) is 4.74 Å². The van der Waals surface area contributed by atoms with Gasteiger partial charge in [-0.3, -0.25) is 0 Å². The number of nitrogens with one attached hydrogen (secondary N) is 1. The molecule has 0 aliphatic carbocycles. The molecule has 27 heavy (non-hydrogen) atoms. The lowest BCUT2D eigenvalue weighted by molar-refractivity contribution is 0.482. The van der Waals surface area contributed by atoms with E-state index in [9.17, 15) is 0 Å². The molecule has 0 aromatic heterocycles. The van der Waals surface area contributed by atoms with Crippen LogP contribution in [0.2, 0.25) is 0 Å². The second-order valence-corrected chi connectivity index (χ2v) is 6.73. The van der Waals surface area contributed by atoms with Crippen LogP contribution in [0.15, 0.2) is 97.1 Å². The Morgan fingerprint density at radius 2 is 1.37 bits per heavy atom. The van der Waals surface area contributed by atoms with Crippen LogP contribution in [-0.4, -0.2) is 0 Å². The molecule has 0 bridgehead atoms. The summed E-state index contributed by atoms with van der Waals surface area (Å²) in [5, 5.41) is 6.23. The normalized spacial score (nSPS) is 12.0. The van der Waals surface area contributed by atoms with Gasteiger partial charge in [0.05, 0.1) is 0 Å². The first kappa shape index (κ1) is 17.3. The van der Waals surface area contributed by atoms with Gasteiger partial charge in [-0.05, 0) is 53.1 Å². The van der Waals surface area contributed by atoms with E-state index in [-0.39, 0.29) is 6.04 Å². The fourth-order valence-electron chi connectivity index (χ4n) is 3.31. The van der Waals surface area contributed by atoms with Crippen molar-refractivity contribution in [3.05, 3.63) is 108 Å². The Hall–Kier alpha value is -3.10. The van der Waals surface area contributed by atoms with E-state index < -0.39 is 0 Å². The highest BCUT2D eigenvalue weighted by Gasteiger charge is 2.08. The summed E-state index contributed by atoms with van der Waals surface area (Å²) in [5.74, 6) is 1.71. The molecule has 134 valence electrons. The third-order valence-electron chi connectivity index (χ3n) is 4.80. The van der Waals surface area contributed by atoms with Crippen LogP contribution in [0.3, 0.4) is 0 Å². The topological polar surface area (TPSA) is 21.3 Å². The third-order valence-corrected chi connectivity index (χ3v) is 4.80. The average molecular weight is 353 g/mol. The molecule has 1 atom stereocenters. The Balaban J connectivity index is 1.41. The van der Waals surface area contributed by atoms with E-state index in [1.807, 2.05) is 42.5 Å². The van der Waals surface area contributed by atoms with Crippen molar-refractivity contribution in [2.75, 3.05) is 0 Å². The highest BCUT2D eigenvalue weighted by atomic mass is 16.5. The lowest BCUT2D eigenvalue weighted by Gasteiger charge is -2.17. The van der Waals surface area contributed by atoms with Crippen molar-refractivity contribution in [2.45, 2.75) is 19.5 Å². The van der Waals surface area contributed by atoms with Gasteiger partial charge in [-0.2, -0.15) is 0 Å². The molecule has 1 N–H and O–H groups in total. The van der Waals surface area contributed by atoms with Gasteiger partial charge in [0.15, 0.2) is 0 Å². The number of fused-ring (bicyclic) bond motifs is 1. The van der Waals surface area contributed by atoms with E-state index in [1.54, 1.807) is 0 Å². The zero-order chi connectivity index (χ0) is 18.5. The maximum Gasteiger partial charge on any atom is 0.127 e. The van der Waals surface area contributed by atoms with Gasteiger partial charge in [-0.15, -0.1) is 0 Å². The minimum Gasteiger partial charge on any atom is -0.457 e. The van der Waals surface area contributed by atoms with E-state index in [1.165, 1.54) is 21.9 Å². The fourth-order valence-corrected chi connectivity index (χ4v) is 3.31. The summed E-state index contributed by atoms with van der Waals surface area (Å²) in [4.78, 5) is 0. The molecule has 2 nitrogen and oxygen atoms in total. The molecule has 0 aliphatic rings. The Labute approximate surface area is 160 Å². The maximum absolute atomic E-state index is 5.86. The van der Waals surface area contributed by atoms with Gasteiger partial charge in [0.1, 0.15) is 11.5 Å². The molecule has 0 aliphatic heterocycles. The van der Waals surface area contributed by atoms with Crippen LogP contribution in [0.1, 0.15) is 24.1 Å². The van der Waals surface area contributed by atoms with Crippen LogP contribution in [0, 0.1) is 0 Å². The summed E-state index contributed by atoms with van der Waals surface area (Å²) in [5.41, 5.74) is 2.57. The summed E-state index contributed by atoms with van der Waals surface area (Å²) < 4.78 is 5.86. The molecule has 4 aromatic carbocycles. The van der Waals surface area contributed by atoms with Gasteiger partial charge in [0.25, 0.3) is 0 Å². The smallest absolute Gasteiger partial charge is 0.127 e. The molecule has 0 unspecified atom stereocenters. The number of benzene rings is 4. The number of rotatable bonds is 6. The fraction of sp³-hybridized carbons (Fsp3) is 0.120. The van der Waals surface area contributed by atoms with Crippen LogP contribution in [0.4, 0.5) is 0 Å². The number of hydrogen-bond acceptors (Lipinski definition) is 2. The van der Waals surface area contributed by atoms with Gasteiger partial charge in [-0.25, -0.2) is 0 Å². The minimum absolute atomic E-state index is 0.274. The molecular weight excluding hydrogens is 330 g/mol. The summed E-state index contributed by atoms with van der Waals surface area (Å²) in [6, 6.07) is 33.4. The second-order valence-electron chi connectivity index (χ2n) is 6.73. The lowest BCUT2D eigenvalue weighted by atomic mass is 9.99. The molecule has 0 amide bonds. The van der Waals surface area contributed by atoms with Crippen molar-refractivity contribution in [1.29, 1.82) is 0 Å². The van der Waals surface area contributed by atoms with Crippen molar-refractivity contribution in [2.24, 2.45) is 0 Å². The van der Waals surface area contributed by atoms with Gasteiger partial charge >= 0.3 is 0 Å². The highest BCUT2D eigenvalue weighted by Crippen LogP contribution is 2.25. The monoisotopic (exact) mass is 353 g/mol. The quantitative estimate of drug-likeness (QED) is 0.428. The van der Waals surface area contributed by atoms with Crippen LogP contribution in [-0.2, 0) is 6.54 Å². The summed E-state index contributed by atoms with van der Waals surface area (Å²) >= 11 is 0. The van der Waals surface area contributed by atoms with E-state index >= 15 is 0 Å². The standard InChI is InChI=1S/C25H23NO/c1-19(24-13-7-9-21-8-5-6-12-25(21)24)26-18-20-14-16-23(17-15-20)27-22-10-3-2-4-11-22/h2-17,19,26H,18H2,1H3/t19-/m1/s1. The maximum atomic E-state index is 5.86. The third kappa shape index (κ3) is 4.18. The number of ether oxygens (including phenoxy) is 1. The molecule has 0 saturated carbocycles. The molecule has 4 aromatic rings. The van der Waals surface area contributed by atoms with Crippen molar-refractivity contribution < 1.29 is 4.74 Å². The van der Waals surface area contributed by atoms with Gasteiger partial charge in [0, 0.05) is 12.6 Å². The Kier molecular flexibility index (Phi) is 5.17. The SMILES string of the molecule is C[C@@H](NCc1ccc(Oc2ccccc2)cc1)c1cccc2ccccc12. The van der Waals surface area contributed by atoms with Crippen molar-refractivity contribution in [3.63, 3.8) is 0 Å². The Morgan fingerprint density at radius 3 is 2.19 bits per heavy atom. The average Bonchev–Trinajstić information content (AvgIpc) is 2.73. The van der Waals surface area contributed by atoms with Crippen molar-refractivity contribution >= 4 is 10.8 Å². The summed E-state index contributed by atoms with van der Waals surface area (Å²) in [6.45, 7) is 3.03. The highest BCUT2D eigenvalue weighted by molar-refractivity contribution is 5.86. The molecular formula is C25H23NO. The molecule has 0 fully saturated rings. The van der Waals surface area contributed by atoms with Crippen LogP contribution in [0.25, 0.3) is 10.8 Å². The molecule has 4 rings (SSSR count). The molecule has 0 heterocycles. The van der Waals surface area contributed by atoms with E-state index in [0.29, 0.717) is 0 Å². The second kappa shape index (κ2) is 8.07. The number of para-hydroxylation sites is 1. The van der Waals surface area contributed by atoms with Gasteiger partial charge in [0.2, 0.25) is 0 Å². The van der Waals surface area contributed by atoms with E-state index in [2.05, 4.69) is 66.8 Å². The molecule has 0 saturated heterocycles. The lowest BCUT2D eigenvalue weighted by Crippen LogP contribution is -2.18. The number of hydrogen-bond donors (Lipinski definition) is 1. The molecule has 2 heteroatoms. The largest absolute Gasteiger partial charge is 0.457 e. The Morgan fingerprint density at radius 1 is 0.704 bits per heavy atom. The van der Waals surface area contributed by atoms with E-state index in [0.717, 1.165) is 18.0 Å². The van der Waals surface area contributed by atoms with Crippen molar-refractivity contribution in [1.82, 2.24) is 5.32 Å². The summed E-state index contributed by atoms with van der Waals surface area (Å²) in [6.07, 6.45) is 0. The van der Waals surface area contributed by atoms with Gasteiger partial charge < -0.3 is 10.1 Å². The van der Waals surface area contributed by atoms with Crippen LogP contribution >= 0.6 is 0 Å². The van der Waals surface area contributed by atoms with Crippen LogP contribution in [0.5, 0.6) is 11.5 Å². The van der Waals surface area contributed by atoms with Crippen molar-refractivity contribution in [3.8, 4) is 11.5 Å². The van der Waals surface area contributed by atoms with Crippen LogP contribution < -0.4 is 10.1 Å². The predicted molar refractivity (Wildman–Crippen MR) is 112 cm³/mol. The molecule has 0 radical (unpaired) electrons. The molecule has 0 spiro atoms. The Bertz CT molecular complexity index is 1000. The first-order chi connectivity index (χ1) is 13.3. The predicted octanol–water partition coefficient (Wildman–Crippen LogP) is 6.48. The minimum atomic E-state index is 0.274. The first-order valence-corrected chi connectivity index (χ1v) is 9.32. The zero-order valence-electron chi connectivity index (χ0n) is 15.4. The first-order valence-electron chi connectivity index (χ1n) is 9.32.